The molecule has 18 heavy (non-hydrogen) atoms. The third-order valence-corrected chi connectivity index (χ3v) is 3.70. The van der Waals surface area contributed by atoms with E-state index in [1.54, 1.807) is 30.8 Å². The fourth-order valence-electron chi connectivity index (χ4n) is 1.82. The van der Waals surface area contributed by atoms with E-state index >= 15 is 0 Å². The van der Waals surface area contributed by atoms with Crippen LogP contribution in [0.3, 0.4) is 0 Å². The third kappa shape index (κ3) is 2.69. The van der Waals surface area contributed by atoms with Crippen molar-refractivity contribution >= 4 is 23.6 Å². The molecule has 6 heteroatoms. The van der Waals surface area contributed by atoms with Crippen LogP contribution in [0.5, 0.6) is 0 Å². The molecule has 0 saturated carbocycles. The summed E-state index contributed by atoms with van der Waals surface area (Å²) in [5.41, 5.74) is 0. The molecule has 98 valence electrons. The van der Waals surface area contributed by atoms with Crippen molar-refractivity contribution in [2.45, 2.75) is 13.0 Å². The molecule has 5 nitrogen and oxygen atoms in total. The summed E-state index contributed by atoms with van der Waals surface area (Å²) in [6, 6.07) is 2.75. The van der Waals surface area contributed by atoms with Gasteiger partial charge in [-0.25, -0.2) is 4.79 Å². The van der Waals surface area contributed by atoms with Gasteiger partial charge in [0.15, 0.2) is 5.76 Å². The van der Waals surface area contributed by atoms with Gasteiger partial charge in [0.25, 0.3) is 5.91 Å². The van der Waals surface area contributed by atoms with Crippen LogP contribution in [-0.4, -0.2) is 47.5 Å². The van der Waals surface area contributed by atoms with Crippen molar-refractivity contribution in [1.29, 1.82) is 0 Å². The van der Waals surface area contributed by atoms with E-state index in [1.807, 2.05) is 0 Å². The molecule has 0 radical (unpaired) electrons. The zero-order chi connectivity index (χ0) is 13.0. The molecule has 2 heterocycles. The van der Waals surface area contributed by atoms with Gasteiger partial charge in [0.1, 0.15) is 6.04 Å². The number of carbonyl (C=O) groups excluding carboxylic acids is 2. The minimum absolute atomic E-state index is 0.252. The second-order valence-electron chi connectivity index (χ2n) is 3.82. The Morgan fingerprint density at radius 3 is 3.11 bits per heavy atom. The lowest BCUT2D eigenvalue weighted by atomic mass is 10.2. The van der Waals surface area contributed by atoms with Crippen LogP contribution >= 0.6 is 11.8 Å². The van der Waals surface area contributed by atoms with Crippen LogP contribution < -0.4 is 0 Å². The van der Waals surface area contributed by atoms with E-state index in [0.29, 0.717) is 18.9 Å². The maximum atomic E-state index is 12.2. The second-order valence-corrected chi connectivity index (χ2v) is 4.97. The highest BCUT2D eigenvalue weighted by Gasteiger charge is 2.34. The molecule has 1 aromatic rings. The van der Waals surface area contributed by atoms with Crippen molar-refractivity contribution < 1.29 is 18.7 Å². The largest absolute Gasteiger partial charge is 0.464 e. The monoisotopic (exact) mass is 269 g/mol. The van der Waals surface area contributed by atoms with E-state index in [4.69, 9.17) is 9.15 Å². The lowest BCUT2D eigenvalue weighted by Gasteiger charge is -2.32. The third-order valence-electron chi connectivity index (χ3n) is 2.68. The minimum Gasteiger partial charge on any atom is -0.464 e. The van der Waals surface area contributed by atoms with Gasteiger partial charge in [-0.3, -0.25) is 4.79 Å². The summed E-state index contributed by atoms with van der Waals surface area (Å²) in [6.07, 6.45) is 1.45. The van der Waals surface area contributed by atoms with Crippen molar-refractivity contribution in [2.75, 3.05) is 24.7 Å². The summed E-state index contributed by atoms with van der Waals surface area (Å²) in [7, 11) is 0. The van der Waals surface area contributed by atoms with Crippen LogP contribution in [0.4, 0.5) is 0 Å². The standard InChI is InChI=1S/C12H15NO4S/c1-2-16-12(15)9-8-18-7-5-13(9)11(14)10-4-3-6-17-10/h3-4,6,9H,2,5,7-8H2,1H3. The first kappa shape index (κ1) is 13.0. The van der Waals surface area contributed by atoms with E-state index in [9.17, 15) is 9.59 Å². The van der Waals surface area contributed by atoms with Gasteiger partial charge in [0.2, 0.25) is 0 Å². The molecule has 1 fully saturated rings. The fourth-order valence-corrected chi connectivity index (χ4v) is 2.85. The summed E-state index contributed by atoms with van der Waals surface area (Å²) in [4.78, 5) is 25.6. The number of rotatable bonds is 3. The first-order chi connectivity index (χ1) is 8.74. The second kappa shape index (κ2) is 5.95. The van der Waals surface area contributed by atoms with Crippen LogP contribution in [0.2, 0.25) is 0 Å². The van der Waals surface area contributed by atoms with Gasteiger partial charge in [-0.15, -0.1) is 0 Å². The highest BCUT2D eigenvalue weighted by molar-refractivity contribution is 7.99. The molecule has 2 rings (SSSR count). The Morgan fingerprint density at radius 2 is 2.44 bits per heavy atom. The average molecular weight is 269 g/mol. The van der Waals surface area contributed by atoms with Crippen molar-refractivity contribution in [3.05, 3.63) is 24.2 Å². The highest BCUT2D eigenvalue weighted by atomic mass is 32.2. The van der Waals surface area contributed by atoms with Crippen LogP contribution in [-0.2, 0) is 9.53 Å². The Kier molecular flexibility index (Phi) is 4.30. The van der Waals surface area contributed by atoms with Crippen molar-refractivity contribution in [1.82, 2.24) is 4.90 Å². The molecular formula is C12H15NO4S. The maximum Gasteiger partial charge on any atom is 0.329 e. The van der Waals surface area contributed by atoms with Gasteiger partial charge in [-0.2, -0.15) is 11.8 Å². The number of ether oxygens (including phenoxy) is 1. The molecule has 1 aliphatic heterocycles. The summed E-state index contributed by atoms with van der Waals surface area (Å²) in [5.74, 6) is 1.06. The van der Waals surface area contributed by atoms with Crippen LogP contribution in [0, 0.1) is 0 Å². The topological polar surface area (TPSA) is 59.8 Å². The predicted octanol–water partition coefficient (Wildman–Crippen LogP) is 1.40. The molecule has 0 bridgehead atoms. The van der Waals surface area contributed by atoms with Crippen molar-refractivity contribution in [2.24, 2.45) is 0 Å². The number of carbonyl (C=O) groups is 2. The van der Waals surface area contributed by atoms with Gasteiger partial charge in [-0.1, -0.05) is 0 Å². The molecule has 1 saturated heterocycles. The van der Waals surface area contributed by atoms with Gasteiger partial charge in [-0.05, 0) is 19.1 Å². The number of furan rings is 1. The van der Waals surface area contributed by atoms with Crippen molar-refractivity contribution in [3.63, 3.8) is 0 Å². The smallest absolute Gasteiger partial charge is 0.329 e. The molecule has 0 N–H and O–H groups in total. The number of nitrogens with zero attached hydrogens (tertiary/aromatic N) is 1. The molecule has 1 amide bonds. The summed E-state index contributed by atoms with van der Waals surface area (Å²) >= 11 is 1.65. The van der Waals surface area contributed by atoms with Crippen LogP contribution in [0.25, 0.3) is 0 Å². The molecule has 0 aromatic carbocycles. The zero-order valence-electron chi connectivity index (χ0n) is 10.1. The van der Waals surface area contributed by atoms with E-state index in [-0.39, 0.29) is 17.6 Å². The molecule has 0 spiro atoms. The summed E-state index contributed by atoms with van der Waals surface area (Å²) in [6.45, 7) is 2.61. The normalized spacial score (nSPS) is 19.6. The number of esters is 1. The Morgan fingerprint density at radius 1 is 1.61 bits per heavy atom. The van der Waals surface area contributed by atoms with E-state index in [0.717, 1.165) is 5.75 Å². The molecular weight excluding hydrogens is 254 g/mol. The van der Waals surface area contributed by atoms with E-state index < -0.39 is 6.04 Å². The zero-order valence-corrected chi connectivity index (χ0v) is 10.9. The van der Waals surface area contributed by atoms with Crippen LogP contribution in [0.1, 0.15) is 17.5 Å². The molecule has 1 unspecified atom stereocenters. The lowest BCUT2D eigenvalue weighted by Crippen LogP contribution is -2.50. The Bertz CT molecular complexity index is 418. The van der Waals surface area contributed by atoms with Gasteiger partial charge < -0.3 is 14.1 Å². The quantitative estimate of drug-likeness (QED) is 0.776. The summed E-state index contributed by atoms with van der Waals surface area (Å²) < 4.78 is 10.1. The fraction of sp³-hybridized carbons (Fsp3) is 0.500. The number of thioether (sulfide) groups is 1. The average Bonchev–Trinajstić information content (AvgIpc) is 2.92. The SMILES string of the molecule is CCOC(=O)C1CSCCN1C(=O)c1ccco1. The number of hydrogen-bond acceptors (Lipinski definition) is 5. The first-order valence-electron chi connectivity index (χ1n) is 5.83. The molecule has 1 aromatic heterocycles. The molecule has 1 atom stereocenters. The minimum atomic E-state index is -0.513. The maximum absolute atomic E-state index is 12.2. The first-order valence-corrected chi connectivity index (χ1v) is 6.98. The predicted molar refractivity (Wildman–Crippen MR) is 67.5 cm³/mol. The lowest BCUT2D eigenvalue weighted by molar-refractivity contribution is -0.147. The Labute approximate surface area is 109 Å². The number of hydrogen-bond donors (Lipinski definition) is 0. The van der Waals surface area contributed by atoms with Gasteiger partial charge >= 0.3 is 5.97 Å². The molecule has 0 aliphatic carbocycles. The van der Waals surface area contributed by atoms with E-state index in [2.05, 4.69) is 0 Å². The number of amides is 1. The van der Waals surface area contributed by atoms with Gasteiger partial charge in [0, 0.05) is 18.1 Å². The van der Waals surface area contributed by atoms with Gasteiger partial charge in [0.05, 0.1) is 12.9 Å². The van der Waals surface area contributed by atoms with Crippen LogP contribution in [0.15, 0.2) is 22.8 Å². The Balaban J connectivity index is 2.12. The molecule has 1 aliphatic rings. The van der Waals surface area contributed by atoms with E-state index in [1.165, 1.54) is 11.2 Å². The Hall–Kier alpha value is -1.43. The van der Waals surface area contributed by atoms with Crippen molar-refractivity contribution in [3.8, 4) is 0 Å². The highest BCUT2D eigenvalue weighted by Crippen LogP contribution is 2.20. The summed E-state index contributed by atoms with van der Waals surface area (Å²) in [5, 5.41) is 0.